The highest BCUT2D eigenvalue weighted by atomic mass is 16.2. The van der Waals surface area contributed by atoms with Gasteiger partial charge in [-0.15, -0.1) is 0 Å². The third-order valence-electron chi connectivity index (χ3n) is 1.97. The molecule has 14 heavy (non-hydrogen) atoms. The first kappa shape index (κ1) is 10.3. The van der Waals surface area contributed by atoms with E-state index in [2.05, 4.69) is 15.5 Å². The Morgan fingerprint density at radius 1 is 1.57 bits per heavy atom. The molecule has 0 aliphatic carbocycles. The van der Waals surface area contributed by atoms with Crippen molar-refractivity contribution in [3.63, 3.8) is 0 Å². The Balaban J connectivity index is 2.93. The fourth-order valence-corrected chi connectivity index (χ4v) is 1.41. The normalized spacial score (nSPS) is 11.5. The lowest BCUT2D eigenvalue weighted by Gasteiger charge is -2.01. The van der Waals surface area contributed by atoms with Crippen LogP contribution in [0.3, 0.4) is 0 Å². The van der Waals surface area contributed by atoms with Crippen LogP contribution in [-0.4, -0.2) is 16.7 Å². The number of aromatic nitrogens is 1. The summed E-state index contributed by atoms with van der Waals surface area (Å²) in [6.45, 7) is 5.74. The number of carbonyl (C=O) groups is 1. The van der Waals surface area contributed by atoms with Crippen molar-refractivity contribution in [2.75, 3.05) is 0 Å². The largest absolute Gasteiger partial charge is 0.364 e. The van der Waals surface area contributed by atoms with E-state index in [1.165, 1.54) is 0 Å². The Labute approximate surface area is 82.4 Å². The summed E-state index contributed by atoms with van der Waals surface area (Å²) in [5, 5.41) is 3.86. The van der Waals surface area contributed by atoms with Gasteiger partial charge in [-0.05, 0) is 26.3 Å². The summed E-state index contributed by atoms with van der Waals surface area (Å²) in [7, 11) is 0. The number of nitrogens with two attached hydrogens (primary N) is 1. The quantitative estimate of drug-likeness (QED) is 0.476. The van der Waals surface area contributed by atoms with Gasteiger partial charge in [0, 0.05) is 17.5 Å². The van der Waals surface area contributed by atoms with E-state index in [1.54, 1.807) is 0 Å². The number of hydrogen-bond acceptors (Lipinski definition) is 2. The van der Waals surface area contributed by atoms with Crippen LogP contribution in [0.25, 0.3) is 0 Å². The van der Waals surface area contributed by atoms with Crippen molar-refractivity contribution < 1.29 is 4.79 Å². The molecule has 5 nitrogen and oxygen atoms in total. The number of primary amides is 1. The maximum absolute atomic E-state index is 10.4. The molecule has 4 N–H and O–H groups in total. The first-order valence-electron chi connectivity index (χ1n) is 4.27. The van der Waals surface area contributed by atoms with Crippen LogP contribution in [0.4, 0.5) is 4.79 Å². The summed E-state index contributed by atoms with van der Waals surface area (Å²) in [6, 6.07) is -0.657. The lowest BCUT2D eigenvalue weighted by molar-refractivity contribution is 0.249. The van der Waals surface area contributed by atoms with Gasteiger partial charge in [-0.25, -0.2) is 10.2 Å². The maximum atomic E-state index is 10.4. The Morgan fingerprint density at radius 2 is 2.21 bits per heavy atom. The Bertz CT molecular complexity index is 359. The van der Waals surface area contributed by atoms with Gasteiger partial charge in [-0.3, -0.25) is 0 Å². The molecule has 0 aliphatic rings. The minimum Gasteiger partial charge on any atom is -0.364 e. The van der Waals surface area contributed by atoms with Gasteiger partial charge in [0.25, 0.3) is 0 Å². The van der Waals surface area contributed by atoms with Crippen LogP contribution in [0.1, 0.15) is 23.7 Å². The number of hydrazone groups is 1. The zero-order valence-corrected chi connectivity index (χ0v) is 8.51. The molecular weight excluding hydrogens is 180 g/mol. The molecule has 0 saturated carbocycles. The van der Waals surface area contributed by atoms with Crippen molar-refractivity contribution in [1.29, 1.82) is 0 Å². The first-order valence-corrected chi connectivity index (χ1v) is 4.27. The van der Waals surface area contributed by atoms with E-state index in [4.69, 9.17) is 5.73 Å². The van der Waals surface area contributed by atoms with Gasteiger partial charge >= 0.3 is 6.03 Å². The molecule has 0 saturated heterocycles. The van der Waals surface area contributed by atoms with Gasteiger partial charge in [-0.1, -0.05) is 0 Å². The zero-order valence-electron chi connectivity index (χ0n) is 8.51. The molecule has 1 aromatic rings. The molecular formula is C9H14N4O. The van der Waals surface area contributed by atoms with Crippen LogP contribution in [0, 0.1) is 13.8 Å². The first-order chi connectivity index (χ1) is 6.52. The Hall–Kier alpha value is -1.78. The van der Waals surface area contributed by atoms with Crippen molar-refractivity contribution in [3.05, 3.63) is 23.0 Å². The molecule has 1 rings (SSSR count). The van der Waals surface area contributed by atoms with Crippen LogP contribution < -0.4 is 11.2 Å². The fraction of sp³-hybridized carbons (Fsp3) is 0.333. The van der Waals surface area contributed by atoms with Gasteiger partial charge < -0.3 is 10.7 Å². The smallest absolute Gasteiger partial charge is 0.332 e. The van der Waals surface area contributed by atoms with E-state index >= 15 is 0 Å². The molecule has 0 unspecified atom stereocenters. The Kier molecular flexibility index (Phi) is 2.91. The average Bonchev–Trinajstić information content (AvgIpc) is 2.42. The molecule has 76 valence electrons. The molecule has 0 aromatic carbocycles. The molecule has 0 atom stereocenters. The second-order valence-corrected chi connectivity index (χ2v) is 3.14. The van der Waals surface area contributed by atoms with E-state index in [0.29, 0.717) is 0 Å². The van der Waals surface area contributed by atoms with Crippen LogP contribution in [0.5, 0.6) is 0 Å². The minimum atomic E-state index is -0.657. The molecule has 1 heterocycles. The van der Waals surface area contributed by atoms with Crippen LogP contribution in [0.15, 0.2) is 11.3 Å². The zero-order chi connectivity index (χ0) is 10.7. The monoisotopic (exact) mass is 194 g/mol. The highest BCUT2D eigenvalue weighted by molar-refractivity contribution is 6.01. The highest BCUT2D eigenvalue weighted by Gasteiger charge is 2.07. The number of rotatable bonds is 2. The third-order valence-corrected chi connectivity index (χ3v) is 1.97. The standard InChI is InChI=1S/C9H14N4O/c1-5-4-11-6(2)8(5)7(3)12-13-9(10)14/h4,11H,1-3H3,(H3,10,13,14)/b12-7+. The van der Waals surface area contributed by atoms with E-state index < -0.39 is 6.03 Å². The number of aryl methyl sites for hydroxylation is 2. The molecule has 5 heteroatoms. The number of nitrogens with one attached hydrogen (secondary N) is 2. The van der Waals surface area contributed by atoms with Crippen LogP contribution in [-0.2, 0) is 0 Å². The molecule has 2 amide bonds. The molecule has 0 bridgehead atoms. The topological polar surface area (TPSA) is 83.3 Å². The summed E-state index contributed by atoms with van der Waals surface area (Å²) in [5.74, 6) is 0. The lowest BCUT2D eigenvalue weighted by Crippen LogP contribution is -2.25. The number of aromatic amines is 1. The summed E-state index contributed by atoms with van der Waals surface area (Å²) in [5.41, 5.74) is 11.0. The summed E-state index contributed by atoms with van der Waals surface area (Å²) in [6.07, 6.45) is 1.90. The third kappa shape index (κ3) is 2.12. The maximum Gasteiger partial charge on any atom is 0.332 e. The number of carbonyl (C=O) groups excluding carboxylic acids is 1. The van der Waals surface area contributed by atoms with E-state index in [-0.39, 0.29) is 0 Å². The highest BCUT2D eigenvalue weighted by Crippen LogP contribution is 2.12. The number of urea groups is 1. The number of amides is 2. The summed E-state index contributed by atoms with van der Waals surface area (Å²) < 4.78 is 0. The summed E-state index contributed by atoms with van der Waals surface area (Å²) in [4.78, 5) is 13.5. The average molecular weight is 194 g/mol. The van der Waals surface area contributed by atoms with Crippen LogP contribution in [0.2, 0.25) is 0 Å². The fourth-order valence-electron chi connectivity index (χ4n) is 1.41. The Morgan fingerprint density at radius 3 is 2.64 bits per heavy atom. The molecule has 0 spiro atoms. The predicted molar refractivity (Wildman–Crippen MR) is 55.2 cm³/mol. The van der Waals surface area contributed by atoms with Gasteiger partial charge in [0.15, 0.2) is 0 Å². The summed E-state index contributed by atoms with van der Waals surface area (Å²) >= 11 is 0. The van der Waals surface area contributed by atoms with Crippen LogP contribution >= 0.6 is 0 Å². The van der Waals surface area contributed by atoms with Crippen molar-refractivity contribution in [1.82, 2.24) is 10.4 Å². The lowest BCUT2D eigenvalue weighted by atomic mass is 10.1. The van der Waals surface area contributed by atoms with Crippen molar-refractivity contribution in [2.24, 2.45) is 10.8 Å². The van der Waals surface area contributed by atoms with E-state index in [0.717, 1.165) is 22.5 Å². The minimum absolute atomic E-state index is 0.657. The number of hydrogen-bond donors (Lipinski definition) is 3. The second-order valence-electron chi connectivity index (χ2n) is 3.14. The predicted octanol–water partition coefficient (Wildman–Crippen LogP) is 1.02. The van der Waals surface area contributed by atoms with Gasteiger partial charge in [0.2, 0.25) is 0 Å². The van der Waals surface area contributed by atoms with Gasteiger partial charge in [0.1, 0.15) is 0 Å². The second kappa shape index (κ2) is 3.95. The van der Waals surface area contributed by atoms with Gasteiger partial charge in [0.05, 0.1) is 5.71 Å². The van der Waals surface area contributed by atoms with Crippen molar-refractivity contribution >= 4 is 11.7 Å². The van der Waals surface area contributed by atoms with Gasteiger partial charge in [-0.2, -0.15) is 5.10 Å². The van der Waals surface area contributed by atoms with E-state index in [9.17, 15) is 4.79 Å². The molecule has 1 aromatic heterocycles. The van der Waals surface area contributed by atoms with E-state index in [1.807, 2.05) is 27.0 Å². The molecule has 0 aliphatic heterocycles. The molecule has 0 fully saturated rings. The molecule has 0 radical (unpaired) electrons. The number of H-pyrrole nitrogens is 1. The number of nitrogens with zero attached hydrogens (tertiary/aromatic N) is 1. The SMILES string of the molecule is C/C(=N\NC(N)=O)c1c(C)c[nH]c1C. The van der Waals surface area contributed by atoms with Crippen molar-refractivity contribution in [3.8, 4) is 0 Å². The van der Waals surface area contributed by atoms with Crippen molar-refractivity contribution in [2.45, 2.75) is 20.8 Å².